The van der Waals surface area contributed by atoms with Crippen LogP contribution in [0.15, 0.2) is 30.4 Å². The molecule has 1 aromatic carbocycles. The summed E-state index contributed by atoms with van der Waals surface area (Å²) in [6.45, 7) is 7.44. The maximum Gasteiger partial charge on any atom is 0.0996 e. The first-order valence-electron chi connectivity index (χ1n) is 4.11. The molecule has 1 aromatic rings. The molecule has 0 aliphatic carbocycles. The summed E-state index contributed by atoms with van der Waals surface area (Å²) in [5.41, 5.74) is 2.57. The number of aliphatic hydroxyl groups is 1. The van der Waals surface area contributed by atoms with Gasteiger partial charge in [-0.05, 0) is 42.7 Å². The van der Waals surface area contributed by atoms with Crippen LogP contribution in [0.1, 0.15) is 24.2 Å². The maximum atomic E-state index is 9.69. The smallest absolute Gasteiger partial charge is 0.0996 e. The highest BCUT2D eigenvalue weighted by molar-refractivity contribution is 6.30. The third-order valence-corrected chi connectivity index (χ3v) is 2.07. The molecule has 2 heteroatoms. The molecule has 0 amide bonds. The number of halogens is 1. The maximum absolute atomic E-state index is 9.69. The fraction of sp³-hybridized carbons (Fsp3) is 0.273. The van der Waals surface area contributed by atoms with E-state index in [1.165, 1.54) is 0 Å². The molecule has 0 bridgehead atoms. The average Bonchev–Trinajstić information content (AvgIpc) is 2.01. The van der Waals surface area contributed by atoms with Gasteiger partial charge < -0.3 is 5.11 Å². The summed E-state index contributed by atoms with van der Waals surface area (Å²) in [5.74, 6) is 0. The summed E-state index contributed by atoms with van der Waals surface area (Å²) in [6.07, 6.45) is -0.614. The molecule has 0 aromatic heterocycles. The molecular formula is C11H13ClO. The number of aliphatic hydroxyl groups excluding tert-OH is 1. The van der Waals surface area contributed by atoms with Gasteiger partial charge in [-0.15, -0.1) is 0 Å². The number of aryl methyl sites for hydroxylation is 1. The quantitative estimate of drug-likeness (QED) is 0.720. The van der Waals surface area contributed by atoms with Gasteiger partial charge in [0.15, 0.2) is 0 Å². The Morgan fingerprint density at radius 1 is 1.46 bits per heavy atom. The first-order chi connectivity index (χ1) is 6.00. The van der Waals surface area contributed by atoms with E-state index in [4.69, 9.17) is 11.6 Å². The standard InChI is InChI=1S/C11H13ClO/c1-7(2)11(13)9-4-8(3)5-10(12)6-9/h4-6,11,13H,1H2,2-3H3. The molecule has 0 fully saturated rings. The van der Waals surface area contributed by atoms with Crippen molar-refractivity contribution >= 4 is 11.6 Å². The van der Waals surface area contributed by atoms with E-state index < -0.39 is 6.10 Å². The number of benzene rings is 1. The summed E-state index contributed by atoms with van der Waals surface area (Å²) in [5, 5.41) is 10.3. The minimum absolute atomic E-state index is 0.614. The zero-order valence-electron chi connectivity index (χ0n) is 7.84. The van der Waals surface area contributed by atoms with Gasteiger partial charge in [0.25, 0.3) is 0 Å². The Balaban J connectivity index is 3.07. The number of hydrogen-bond acceptors (Lipinski definition) is 1. The molecule has 1 rings (SSSR count). The lowest BCUT2D eigenvalue weighted by Crippen LogP contribution is -1.98. The Labute approximate surface area is 83.7 Å². The molecule has 0 spiro atoms. The van der Waals surface area contributed by atoms with Gasteiger partial charge in [-0.25, -0.2) is 0 Å². The SMILES string of the molecule is C=C(C)C(O)c1cc(C)cc(Cl)c1. The molecule has 0 aliphatic rings. The molecule has 0 saturated heterocycles. The average molecular weight is 197 g/mol. The summed E-state index contributed by atoms with van der Waals surface area (Å²) in [7, 11) is 0. The Bertz CT molecular complexity index is 311. The van der Waals surface area contributed by atoms with E-state index in [-0.39, 0.29) is 0 Å². The van der Waals surface area contributed by atoms with E-state index in [1.54, 1.807) is 13.0 Å². The molecule has 13 heavy (non-hydrogen) atoms. The molecule has 0 saturated carbocycles. The second-order valence-corrected chi connectivity index (χ2v) is 3.75. The fourth-order valence-corrected chi connectivity index (χ4v) is 1.51. The minimum atomic E-state index is -0.614. The van der Waals surface area contributed by atoms with Crippen molar-refractivity contribution in [1.82, 2.24) is 0 Å². The lowest BCUT2D eigenvalue weighted by molar-refractivity contribution is 0.216. The molecule has 0 heterocycles. The highest BCUT2D eigenvalue weighted by Gasteiger charge is 2.08. The van der Waals surface area contributed by atoms with Crippen molar-refractivity contribution < 1.29 is 5.11 Å². The Morgan fingerprint density at radius 3 is 2.54 bits per heavy atom. The van der Waals surface area contributed by atoms with Crippen molar-refractivity contribution in [2.75, 3.05) is 0 Å². The molecule has 1 atom stereocenters. The monoisotopic (exact) mass is 196 g/mol. The fourth-order valence-electron chi connectivity index (χ4n) is 1.21. The summed E-state index contributed by atoms with van der Waals surface area (Å²) < 4.78 is 0. The highest BCUT2D eigenvalue weighted by atomic mass is 35.5. The van der Waals surface area contributed by atoms with Crippen molar-refractivity contribution in [1.29, 1.82) is 0 Å². The molecular weight excluding hydrogens is 184 g/mol. The molecule has 1 N–H and O–H groups in total. The van der Waals surface area contributed by atoms with E-state index >= 15 is 0 Å². The highest BCUT2D eigenvalue weighted by Crippen LogP contribution is 2.24. The second kappa shape index (κ2) is 3.95. The van der Waals surface area contributed by atoms with E-state index in [0.717, 1.165) is 16.7 Å². The van der Waals surface area contributed by atoms with Gasteiger partial charge in [-0.1, -0.05) is 24.2 Å². The molecule has 70 valence electrons. The Morgan fingerprint density at radius 2 is 2.08 bits per heavy atom. The van der Waals surface area contributed by atoms with Crippen LogP contribution in [0, 0.1) is 6.92 Å². The van der Waals surface area contributed by atoms with Crippen LogP contribution in [0.5, 0.6) is 0 Å². The van der Waals surface area contributed by atoms with Gasteiger partial charge in [0.2, 0.25) is 0 Å². The molecule has 1 unspecified atom stereocenters. The van der Waals surface area contributed by atoms with Gasteiger partial charge >= 0.3 is 0 Å². The zero-order valence-corrected chi connectivity index (χ0v) is 8.60. The Kier molecular flexibility index (Phi) is 3.12. The van der Waals surface area contributed by atoms with E-state index in [9.17, 15) is 5.11 Å². The van der Waals surface area contributed by atoms with E-state index in [1.807, 2.05) is 19.1 Å². The van der Waals surface area contributed by atoms with Crippen molar-refractivity contribution in [2.45, 2.75) is 20.0 Å². The molecule has 1 nitrogen and oxygen atoms in total. The predicted molar refractivity (Wildman–Crippen MR) is 56.0 cm³/mol. The van der Waals surface area contributed by atoms with Crippen LogP contribution in [0.4, 0.5) is 0 Å². The van der Waals surface area contributed by atoms with Gasteiger partial charge in [-0.2, -0.15) is 0 Å². The first kappa shape index (κ1) is 10.3. The van der Waals surface area contributed by atoms with Crippen LogP contribution in [-0.2, 0) is 0 Å². The lowest BCUT2D eigenvalue weighted by Gasteiger charge is -2.11. The van der Waals surface area contributed by atoms with E-state index in [0.29, 0.717) is 5.02 Å². The van der Waals surface area contributed by atoms with Gasteiger partial charge in [0.1, 0.15) is 0 Å². The van der Waals surface area contributed by atoms with Gasteiger partial charge in [-0.3, -0.25) is 0 Å². The summed E-state index contributed by atoms with van der Waals surface area (Å²) in [4.78, 5) is 0. The predicted octanol–water partition coefficient (Wildman–Crippen LogP) is 3.26. The largest absolute Gasteiger partial charge is 0.384 e. The minimum Gasteiger partial charge on any atom is -0.384 e. The second-order valence-electron chi connectivity index (χ2n) is 3.31. The van der Waals surface area contributed by atoms with E-state index in [2.05, 4.69) is 6.58 Å². The van der Waals surface area contributed by atoms with Crippen LogP contribution in [0.2, 0.25) is 5.02 Å². The van der Waals surface area contributed by atoms with Crippen molar-refractivity contribution in [3.8, 4) is 0 Å². The number of hydrogen-bond donors (Lipinski definition) is 1. The first-order valence-corrected chi connectivity index (χ1v) is 4.49. The van der Waals surface area contributed by atoms with Crippen molar-refractivity contribution in [2.24, 2.45) is 0 Å². The van der Waals surface area contributed by atoms with Gasteiger partial charge in [0.05, 0.1) is 6.10 Å². The van der Waals surface area contributed by atoms with Crippen LogP contribution in [-0.4, -0.2) is 5.11 Å². The Hall–Kier alpha value is -0.790. The van der Waals surface area contributed by atoms with Crippen LogP contribution >= 0.6 is 11.6 Å². The topological polar surface area (TPSA) is 20.2 Å². The normalized spacial score (nSPS) is 12.6. The van der Waals surface area contributed by atoms with Crippen molar-refractivity contribution in [3.05, 3.63) is 46.5 Å². The van der Waals surface area contributed by atoms with Crippen molar-refractivity contribution in [3.63, 3.8) is 0 Å². The summed E-state index contributed by atoms with van der Waals surface area (Å²) >= 11 is 5.86. The molecule has 0 aliphatic heterocycles. The summed E-state index contributed by atoms with van der Waals surface area (Å²) in [6, 6.07) is 5.52. The number of rotatable bonds is 2. The zero-order chi connectivity index (χ0) is 10.0. The van der Waals surface area contributed by atoms with Crippen LogP contribution in [0.25, 0.3) is 0 Å². The van der Waals surface area contributed by atoms with Crippen LogP contribution in [0.3, 0.4) is 0 Å². The third kappa shape index (κ3) is 2.58. The van der Waals surface area contributed by atoms with Crippen LogP contribution < -0.4 is 0 Å². The third-order valence-electron chi connectivity index (χ3n) is 1.85. The lowest BCUT2D eigenvalue weighted by atomic mass is 10.0. The van der Waals surface area contributed by atoms with Gasteiger partial charge in [0, 0.05) is 5.02 Å². The molecule has 0 radical (unpaired) electrons.